The molecule has 1 aromatic carbocycles. The van der Waals surface area contributed by atoms with Crippen LogP contribution in [0.1, 0.15) is 32.3 Å². The minimum Gasteiger partial charge on any atom is -0.481 e. The summed E-state index contributed by atoms with van der Waals surface area (Å²) in [6, 6.07) is 7.29. The summed E-state index contributed by atoms with van der Waals surface area (Å²) in [7, 11) is 0. The Balaban J connectivity index is 1.79. The maximum absolute atomic E-state index is 13.0. The van der Waals surface area contributed by atoms with Gasteiger partial charge in [-0.1, -0.05) is 23.7 Å². The molecule has 1 heterocycles. The van der Waals surface area contributed by atoms with Crippen LogP contribution in [-0.4, -0.2) is 35.0 Å². The Labute approximate surface area is 141 Å². The Bertz CT molecular complexity index is 622. The predicted octanol–water partition coefficient (Wildman–Crippen LogP) is 3.19. The number of amides is 1. The van der Waals surface area contributed by atoms with Crippen LogP contribution >= 0.6 is 11.6 Å². The maximum Gasteiger partial charge on any atom is 0.308 e. The molecule has 124 valence electrons. The minimum absolute atomic E-state index is 0.00535. The number of hydrogen-bond acceptors (Lipinski definition) is 2. The van der Waals surface area contributed by atoms with E-state index in [0.717, 1.165) is 18.4 Å². The van der Waals surface area contributed by atoms with Crippen molar-refractivity contribution in [3.63, 3.8) is 0 Å². The molecule has 2 atom stereocenters. The zero-order valence-corrected chi connectivity index (χ0v) is 14.2. The van der Waals surface area contributed by atoms with Gasteiger partial charge < -0.3 is 10.0 Å². The van der Waals surface area contributed by atoms with Gasteiger partial charge in [-0.2, -0.15) is 0 Å². The van der Waals surface area contributed by atoms with E-state index in [4.69, 9.17) is 11.6 Å². The fourth-order valence-electron chi connectivity index (χ4n) is 3.64. The van der Waals surface area contributed by atoms with Crippen LogP contribution in [0.15, 0.2) is 24.3 Å². The largest absolute Gasteiger partial charge is 0.481 e. The third-order valence-corrected chi connectivity index (χ3v) is 5.55. The second kappa shape index (κ2) is 5.82. The number of carbonyl (C=O) groups excluding carboxylic acids is 1. The molecule has 3 rings (SSSR count). The second-order valence-electron chi connectivity index (χ2n) is 7.29. The Kier molecular flexibility index (Phi) is 4.13. The minimum atomic E-state index is -0.776. The molecule has 1 amide bonds. The van der Waals surface area contributed by atoms with Crippen LogP contribution in [0.2, 0.25) is 5.02 Å². The molecule has 5 heteroatoms. The van der Waals surface area contributed by atoms with Gasteiger partial charge in [-0.25, -0.2) is 0 Å². The Hall–Kier alpha value is -1.55. The van der Waals surface area contributed by atoms with Crippen molar-refractivity contribution in [2.24, 2.45) is 17.8 Å². The van der Waals surface area contributed by atoms with Gasteiger partial charge in [0.25, 0.3) is 0 Å². The summed E-state index contributed by atoms with van der Waals surface area (Å²) in [5.41, 5.74) is 0.208. The quantitative estimate of drug-likeness (QED) is 0.919. The number of benzene rings is 1. The van der Waals surface area contributed by atoms with E-state index < -0.39 is 17.3 Å². The number of hydrogen-bond donors (Lipinski definition) is 1. The summed E-state index contributed by atoms with van der Waals surface area (Å²) in [5.74, 6) is -0.617. The Morgan fingerprint density at radius 2 is 1.78 bits per heavy atom. The SMILES string of the molecule is CC(C)(C(=O)N1C[C@H](C(=O)O)[C@@H](C2CC2)C1)c1ccc(Cl)cc1. The molecule has 0 aromatic heterocycles. The lowest BCUT2D eigenvalue weighted by molar-refractivity contribution is -0.143. The molecule has 1 saturated carbocycles. The van der Waals surface area contributed by atoms with Gasteiger partial charge >= 0.3 is 5.97 Å². The summed E-state index contributed by atoms with van der Waals surface area (Å²) in [5, 5.41) is 10.1. The van der Waals surface area contributed by atoms with Crippen LogP contribution in [0, 0.1) is 17.8 Å². The van der Waals surface area contributed by atoms with Gasteiger partial charge in [0.2, 0.25) is 5.91 Å². The van der Waals surface area contributed by atoms with E-state index in [1.165, 1.54) is 0 Å². The number of carbonyl (C=O) groups is 2. The standard InChI is InChI=1S/C18H22ClNO3/c1-18(2,12-5-7-13(19)8-6-12)17(23)20-9-14(11-3-4-11)15(10-20)16(21)22/h5-8,11,14-15H,3-4,9-10H2,1-2H3,(H,21,22)/t14-,15+/m1/s1. The molecule has 1 saturated heterocycles. The molecule has 1 aliphatic carbocycles. The number of likely N-dealkylation sites (tertiary alicyclic amines) is 1. The van der Waals surface area contributed by atoms with Gasteiger partial charge in [0.05, 0.1) is 11.3 Å². The monoisotopic (exact) mass is 335 g/mol. The number of carboxylic acid groups (broad SMARTS) is 1. The van der Waals surface area contributed by atoms with Gasteiger partial charge in [0.15, 0.2) is 0 Å². The van der Waals surface area contributed by atoms with Gasteiger partial charge in [-0.05, 0) is 56.2 Å². The second-order valence-corrected chi connectivity index (χ2v) is 7.72. The van der Waals surface area contributed by atoms with Crippen molar-refractivity contribution in [3.05, 3.63) is 34.9 Å². The first kappa shape index (κ1) is 16.3. The highest BCUT2D eigenvalue weighted by atomic mass is 35.5. The first-order valence-electron chi connectivity index (χ1n) is 8.09. The van der Waals surface area contributed by atoms with Crippen LogP contribution < -0.4 is 0 Å². The van der Waals surface area contributed by atoms with Crippen molar-refractivity contribution < 1.29 is 14.7 Å². The third kappa shape index (κ3) is 3.09. The van der Waals surface area contributed by atoms with Crippen molar-refractivity contribution in [3.8, 4) is 0 Å². The lowest BCUT2D eigenvalue weighted by Crippen LogP contribution is -2.42. The fourth-order valence-corrected chi connectivity index (χ4v) is 3.77. The van der Waals surface area contributed by atoms with E-state index in [0.29, 0.717) is 24.0 Å². The normalized spacial score (nSPS) is 24.7. The van der Waals surface area contributed by atoms with Gasteiger partial charge in [-0.15, -0.1) is 0 Å². The van der Waals surface area contributed by atoms with E-state index in [1.54, 1.807) is 17.0 Å². The van der Waals surface area contributed by atoms with Gasteiger partial charge in [0, 0.05) is 18.1 Å². The molecule has 1 N–H and O–H groups in total. The van der Waals surface area contributed by atoms with Crippen molar-refractivity contribution in [1.29, 1.82) is 0 Å². The van der Waals surface area contributed by atoms with Crippen LogP contribution in [0.3, 0.4) is 0 Å². The number of halogens is 1. The number of nitrogens with zero attached hydrogens (tertiary/aromatic N) is 1. The average molecular weight is 336 g/mol. The highest BCUT2D eigenvalue weighted by Crippen LogP contribution is 2.45. The summed E-state index contributed by atoms with van der Waals surface area (Å²) in [4.78, 5) is 26.3. The summed E-state index contributed by atoms with van der Waals surface area (Å²) in [6.45, 7) is 4.67. The molecule has 4 nitrogen and oxygen atoms in total. The van der Waals surface area contributed by atoms with E-state index in [-0.39, 0.29) is 11.8 Å². The molecule has 0 radical (unpaired) electrons. The van der Waals surface area contributed by atoms with Gasteiger partial charge in [0.1, 0.15) is 0 Å². The smallest absolute Gasteiger partial charge is 0.308 e. The van der Waals surface area contributed by atoms with E-state index >= 15 is 0 Å². The molecule has 0 spiro atoms. The van der Waals surface area contributed by atoms with Crippen molar-refractivity contribution in [1.82, 2.24) is 4.90 Å². The number of rotatable bonds is 4. The number of aliphatic carboxylic acids is 1. The average Bonchev–Trinajstić information content (AvgIpc) is 3.25. The number of carboxylic acids is 1. The van der Waals surface area contributed by atoms with Crippen molar-refractivity contribution in [2.45, 2.75) is 32.1 Å². The molecule has 0 bridgehead atoms. The molecular formula is C18H22ClNO3. The summed E-state index contributed by atoms with van der Waals surface area (Å²) in [6.07, 6.45) is 2.19. The molecule has 23 heavy (non-hydrogen) atoms. The predicted molar refractivity (Wildman–Crippen MR) is 88.4 cm³/mol. The lowest BCUT2D eigenvalue weighted by Gasteiger charge is -2.30. The van der Waals surface area contributed by atoms with Crippen LogP contribution in [0.5, 0.6) is 0 Å². The van der Waals surface area contributed by atoms with E-state index in [2.05, 4.69) is 0 Å². The Morgan fingerprint density at radius 1 is 1.17 bits per heavy atom. The summed E-state index contributed by atoms with van der Waals surface area (Å²) < 4.78 is 0. The summed E-state index contributed by atoms with van der Waals surface area (Å²) >= 11 is 5.92. The Morgan fingerprint density at radius 3 is 2.30 bits per heavy atom. The molecule has 2 fully saturated rings. The van der Waals surface area contributed by atoms with Crippen molar-refractivity contribution >= 4 is 23.5 Å². The molecule has 1 aromatic rings. The van der Waals surface area contributed by atoms with E-state index in [1.807, 2.05) is 26.0 Å². The zero-order valence-electron chi connectivity index (χ0n) is 13.5. The van der Waals surface area contributed by atoms with Crippen LogP contribution in [-0.2, 0) is 15.0 Å². The topological polar surface area (TPSA) is 57.6 Å². The molecule has 1 aliphatic heterocycles. The van der Waals surface area contributed by atoms with E-state index in [9.17, 15) is 14.7 Å². The van der Waals surface area contributed by atoms with Crippen LogP contribution in [0.25, 0.3) is 0 Å². The maximum atomic E-state index is 13.0. The highest BCUT2D eigenvalue weighted by molar-refractivity contribution is 6.30. The molecule has 2 aliphatic rings. The first-order valence-corrected chi connectivity index (χ1v) is 8.46. The zero-order chi connectivity index (χ0) is 16.8. The fraction of sp³-hybridized carbons (Fsp3) is 0.556. The highest BCUT2D eigenvalue weighted by Gasteiger charge is 2.48. The molecular weight excluding hydrogens is 314 g/mol. The first-order chi connectivity index (χ1) is 10.8. The van der Waals surface area contributed by atoms with Crippen LogP contribution in [0.4, 0.5) is 0 Å². The van der Waals surface area contributed by atoms with Crippen molar-refractivity contribution in [2.75, 3.05) is 13.1 Å². The van der Waals surface area contributed by atoms with Gasteiger partial charge in [-0.3, -0.25) is 9.59 Å². The third-order valence-electron chi connectivity index (χ3n) is 5.30. The lowest BCUT2D eigenvalue weighted by atomic mass is 9.83. The molecule has 0 unspecified atom stereocenters.